The maximum Gasteiger partial charge on any atom is 0.325 e. The van der Waals surface area contributed by atoms with Crippen molar-refractivity contribution in [2.75, 3.05) is 6.54 Å². The molecule has 1 saturated heterocycles. The van der Waals surface area contributed by atoms with Crippen LogP contribution in [-0.2, 0) is 14.4 Å². The Balaban J connectivity index is 1.69. The molecule has 3 aromatic carbocycles. The molecular formula is C23H18N2O4S2. The summed E-state index contributed by atoms with van der Waals surface area (Å²) in [6.45, 7) is 1.03. The third-order valence-electron chi connectivity index (χ3n) is 5.01. The van der Waals surface area contributed by atoms with Gasteiger partial charge in [0.15, 0.2) is 0 Å². The molecular weight excluding hydrogens is 432 g/mol. The monoisotopic (exact) mass is 450 g/mol. The number of fused-ring (bicyclic) bond motifs is 2. The maximum atomic E-state index is 13.0. The second-order valence-corrected chi connectivity index (χ2v) is 8.80. The van der Waals surface area contributed by atoms with Gasteiger partial charge in [0.05, 0.1) is 4.91 Å². The van der Waals surface area contributed by atoms with Crippen LogP contribution in [0.5, 0.6) is 0 Å². The fraction of sp³-hybridized carbons (Fsp3) is 0.130. The predicted octanol–water partition coefficient (Wildman–Crippen LogP) is 3.78. The van der Waals surface area contributed by atoms with Gasteiger partial charge in [-0.25, -0.2) is 0 Å². The minimum absolute atomic E-state index is 0.263. The molecule has 2 N–H and O–H groups in total. The van der Waals surface area contributed by atoms with Crippen molar-refractivity contribution in [2.45, 2.75) is 13.0 Å². The molecule has 2 amide bonds. The van der Waals surface area contributed by atoms with Gasteiger partial charge in [-0.3, -0.25) is 19.3 Å². The van der Waals surface area contributed by atoms with Crippen LogP contribution in [0.2, 0.25) is 0 Å². The number of rotatable bonds is 5. The molecule has 1 fully saturated rings. The van der Waals surface area contributed by atoms with Gasteiger partial charge in [-0.1, -0.05) is 72.5 Å². The first kappa shape index (κ1) is 21.0. The smallest absolute Gasteiger partial charge is 0.325 e. The Morgan fingerprint density at radius 3 is 2.29 bits per heavy atom. The fourth-order valence-electron chi connectivity index (χ4n) is 3.46. The topological polar surface area (TPSA) is 86.7 Å². The SMILES string of the molecule is CC(NC(=O)CN1C(=O)/C(=C/c2c3ccccc3cc3ccccc23)SC1=S)C(=O)O. The summed E-state index contributed by atoms with van der Waals surface area (Å²) in [6.07, 6.45) is 1.82. The average Bonchev–Trinajstić information content (AvgIpc) is 3.00. The summed E-state index contributed by atoms with van der Waals surface area (Å²) in [6, 6.07) is 17.0. The van der Waals surface area contributed by atoms with Gasteiger partial charge in [0, 0.05) is 0 Å². The molecule has 156 valence electrons. The molecule has 0 aromatic heterocycles. The molecule has 0 aliphatic carbocycles. The van der Waals surface area contributed by atoms with Crippen LogP contribution in [0.15, 0.2) is 59.5 Å². The average molecular weight is 451 g/mol. The zero-order valence-corrected chi connectivity index (χ0v) is 18.1. The number of carbonyl (C=O) groups excluding carboxylic acids is 2. The Morgan fingerprint density at radius 2 is 1.71 bits per heavy atom. The zero-order valence-electron chi connectivity index (χ0n) is 16.5. The molecule has 1 heterocycles. The first-order valence-electron chi connectivity index (χ1n) is 9.53. The second kappa shape index (κ2) is 8.49. The van der Waals surface area contributed by atoms with E-state index in [1.807, 2.05) is 54.6 Å². The van der Waals surface area contributed by atoms with Crippen molar-refractivity contribution in [1.29, 1.82) is 0 Å². The van der Waals surface area contributed by atoms with Crippen molar-refractivity contribution in [3.05, 3.63) is 65.1 Å². The highest BCUT2D eigenvalue weighted by atomic mass is 32.2. The predicted molar refractivity (Wildman–Crippen MR) is 127 cm³/mol. The quantitative estimate of drug-likeness (QED) is 0.350. The van der Waals surface area contributed by atoms with Crippen LogP contribution < -0.4 is 5.32 Å². The molecule has 0 spiro atoms. The molecule has 1 aliphatic heterocycles. The lowest BCUT2D eigenvalue weighted by molar-refractivity contribution is -0.141. The number of hydrogen-bond acceptors (Lipinski definition) is 5. The van der Waals surface area contributed by atoms with Crippen LogP contribution in [-0.4, -0.2) is 44.7 Å². The highest BCUT2D eigenvalue weighted by molar-refractivity contribution is 8.26. The lowest BCUT2D eigenvalue weighted by Gasteiger charge is -2.15. The van der Waals surface area contributed by atoms with Gasteiger partial charge >= 0.3 is 5.97 Å². The molecule has 3 aromatic rings. The number of thioether (sulfide) groups is 1. The number of benzene rings is 3. The molecule has 31 heavy (non-hydrogen) atoms. The highest BCUT2D eigenvalue weighted by Crippen LogP contribution is 2.36. The molecule has 6 nitrogen and oxygen atoms in total. The largest absolute Gasteiger partial charge is 0.480 e. The van der Waals surface area contributed by atoms with Crippen LogP contribution in [0.4, 0.5) is 0 Å². The summed E-state index contributed by atoms with van der Waals surface area (Å²) in [4.78, 5) is 37.7. The van der Waals surface area contributed by atoms with E-state index in [9.17, 15) is 14.4 Å². The van der Waals surface area contributed by atoms with Gasteiger partial charge in [-0.2, -0.15) is 0 Å². The van der Waals surface area contributed by atoms with Crippen molar-refractivity contribution in [3.63, 3.8) is 0 Å². The first-order valence-corrected chi connectivity index (χ1v) is 10.8. The number of aliphatic carboxylic acids is 1. The van der Waals surface area contributed by atoms with E-state index in [0.29, 0.717) is 4.91 Å². The van der Waals surface area contributed by atoms with E-state index in [-0.39, 0.29) is 16.8 Å². The summed E-state index contributed by atoms with van der Waals surface area (Å²) < 4.78 is 0.263. The van der Waals surface area contributed by atoms with Crippen molar-refractivity contribution in [2.24, 2.45) is 0 Å². The number of carboxylic acids is 1. The number of amides is 2. The third kappa shape index (κ3) is 4.17. The standard InChI is InChI=1S/C23H18N2O4S2/c1-13(22(28)29)24-20(26)12-25-21(27)19(31-23(25)30)11-18-16-8-4-2-6-14(16)10-15-7-3-5-9-17(15)18/h2-11,13H,12H2,1H3,(H,24,26)(H,28,29)/b19-11-. The molecule has 1 atom stereocenters. The molecule has 0 radical (unpaired) electrons. The number of hydrogen-bond donors (Lipinski definition) is 2. The van der Waals surface area contributed by atoms with Crippen molar-refractivity contribution < 1.29 is 19.5 Å². The number of carboxylic acid groups (broad SMARTS) is 1. The van der Waals surface area contributed by atoms with E-state index in [4.69, 9.17) is 17.3 Å². The van der Waals surface area contributed by atoms with E-state index in [2.05, 4.69) is 11.4 Å². The number of nitrogens with one attached hydrogen (secondary N) is 1. The first-order chi connectivity index (χ1) is 14.8. The van der Waals surface area contributed by atoms with Gasteiger partial charge in [0.1, 0.15) is 16.9 Å². The molecule has 8 heteroatoms. The van der Waals surface area contributed by atoms with E-state index >= 15 is 0 Å². The Bertz CT molecular complexity index is 1230. The highest BCUT2D eigenvalue weighted by Gasteiger charge is 2.34. The molecule has 0 saturated carbocycles. The number of nitrogens with zero attached hydrogens (tertiary/aromatic N) is 1. The van der Waals surface area contributed by atoms with Crippen molar-refractivity contribution >= 4 is 73.7 Å². The van der Waals surface area contributed by atoms with E-state index in [1.165, 1.54) is 11.8 Å². The lowest BCUT2D eigenvalue weighted by atomic mass is 9.96. The Hall–Kier alpha value is -3.23. The Morgan fingerprint density at radius 1 is 1.13 bits per heavy atom. The number of carbonyl (C=O) groups is 3. The Labute approximate surface area is 187 Å². The van der Waals surface area contributed by atoms with Gasteiger partial charge < -0.3 is 10.4 Å². The van der Waals surface area contributed by atoms with Gasteiger partial charge in [0.2, 0.25) is 5.91 Å². The second-order valence-electron chi connectivity index (χ2n) is 7.13. The van der Waals surface area contributed by atoms with Crippen LogP contribution in [0.1, 0.15) is 12.5 Å². The van der Waals surface area contributed by atoms with E-state index in [0.717, 1.165) is 38.9 Å². The fourth-order valence-corrected chi connectivity index (χ4v) is 4.70. The minimum Gasteiger partial charge on any atom is -0.480 e. The third-order valence-corrected chi connectivity index (χ3v) is 6.39. The van der Waals surface area contributed by atoms with Gasteiger partial charge in [-0.05, 0) is 46.2 Å². The lowest BCUT2D eigenvalue weighted by Crippen LogP contribution is -2.45. The zero-order chi connectivity index (χ0) is 22.1. The summed E-state index contributed by atoms with van der Waals surface area (Å²) in [5.41, 5.74) is 0.915. The summed E-state index contributed by atoms with van der Waals surface area (Å²) >= 11 is 6.45. The molecule has 0 bridgehead atoms. The van der Waals surface area contributed by atoms with E-state index < -0.39 is 17.9 Å². The molecule has 1 aliphatic rings. The molecule has 4 rings (SSSR count). The summed E-state index contributed by atoms with van der Waals surface area (Å²) in [7, 11) is 0. The van der Waals surface area contributed by atoms with Crippen LogP contribution in [0.25, 0.3) is 27.6 Å². The van der Waals surface area contributed by atoms with Crippen LogP contribution in [0, 0.1) is 0 Å². The van der Waals surface area contributed by atoms with Crippen molar-refractivity contribution in [3.8, 4) is 0 Å². The summed E-state index contributed by atoms with van der Waals surface area (Å²) in [5.74, 6) is -2.10. The normalized spacial score (nSPS) is 16.3. The van der Waals surface area contributed by atoms with Crippen molar-refractivity contribution in [1.82, 2.24) is 10.2 Å². The van der Waals surface area contributed by atoms with Crippen LogP contribution >= 0.6 is 24.0 Å². The Kier molecular flexibility index (Phi) is 5.75. The van der Waals surface area contributed by atoms with E-state index in [1.54, 1.807) is 0 Å². The van der Waals surface area contributed by atoms with Gasteiger partial charge in [0.25, 0.3) is 5.91 Å². The molecule has 1 unspecified atom stereocenters. The van der Waals surface area contributed by atoms with Gasteiger partial charge in [-0.15, -0.1) is 0 Å². The summed E-state index contributed by atoms with van der Waals surface area (Å²) in [5, 5.41) is 15.4. The van der Waals surface area contributed by atoms with Crippen LogP contribution in [0.3, 0.4) is 0 Å². The maximum absolute atomic E-state index is 13.0. The number of thiocarbonyl (C=S) groups is 1. The minimum atomic E-state index is -1.15.